The van der Waals surface area contributed by atoms with Gasteiger partial charge in [-0.1, -0.05) is 38.1 Å². The zero-order valence-electron chi connectivity index (χ0n) is 15.8. The summed E-state index contributed by atoms with van der Waals surface area (Å²) in [5.74, 6) is 0.0435. The molecule has 2 rings (SSSR count). The third-order valence-electron chi connectivity index (χ3n) is 4.88. The molecule has 1 aromatic rings. The van der Waals surface area contributed by atoms with Crippen molar-refractivity contribution in [3.8, 4) is 0 Å². The lowest BCUT2D eigenvalue weighted by Gasteiger charge is -2.34. The van der Waals surface area contributed by atoms with Gasteiger partial charge in [-0.05, 0) is 44.0 Å². The van der Waals surface area contributed by atoms with E-state index >= 15 is 0 Å². The van der Waals surface area contributed by atoms with Crippen molar-refractivity contribution in [2.24, 2.45) is 0 Å². The van der Waals surface area contributed by atoms with Crippen LogP contribution >= 0.6 is 0 Å². The average Bonchev–Trinajstić information content (AvgIpc) is 2.65. The SMILES string of the molecule is CCC(=O)N1CCCC[C@H]1C(=O)NCc1cccc(CN(C)CC)c1. The first kappa shape index (κ1) is 19.4. The van der Waals surface area contributed by atoms with E-state index < -0.39 is 0 Å². The molecule has 25 heavy (non-hydrogen) atoms. The minimum atomic E-state index is -0.310. The highest BCUT2D eigenvalue weighted by atomic mass is 16.2. The largest absolute Gasteiger partial charge is 0.350 e. The van der Waals surface area contributed by atoms with Gasteiger partial charge in [-0.25, -0.2) is 0 Å². The molecule has 0 spiro atoms. The van der Waals surface area contributed by atoms with Gasteiger partial charge in [0.25, 0.3) is 0 Å². The van der Waals surface area contributed by atoms with Gasteiger partial charge in [0.1, 0.15) is 6.04 Å². The number of rotatable bonds is 7. The van der Waals surface area contributed by atoms with Gasteiger partial charge in [0.2, 0.25) is 11.8 Å². The second-order valence-electron chi connectivity index (χ2n) is 6.82. The lowest BCUT2D eigenvalue weighted by Crippen LogP contribution is -2.51. The molecule has 5 heteroatoms. The number of likely N-dealkylation sites (tertiary alicyclic amines) is 1. The van der Waals surface area contributed by atoms with Gasteiger partial charge < -0.3 is 15.1 Å². The predicted octanol–water partition coefficient (Wildman–Crippen LogP) is 2.55. The third-order valence-corrected chi connectivity index (χ3v) is 4.88. The molecule has 0 unspecified atom stereocenters. The van der Waals surface area contributed by atoms with Crippen LogP contribution in [0.4, 0.5) is 0 Å². The maximum Gasteiger partial charge on any atom is 0.243 e. The fraction of sp³-hybridized carbons (Fsp3) is 0.600. The maximum atomic E-state index is 12.6. The van der Waals surface area contributed by atoms with Crippen molar-refractivity contribution in [1.29, 1.82) is 0 Å². The van der Waals surface area contributed by atoms with Crippen molar-refractivity contribution in [3.63, 3.8) is 0 Å². The van der Waals surface area contributed by atoms with E-state index in [0.717, 1.165) is 37.9 Å². The molecule has 1 heterocycles. The van der Waals surface area contributed by atoms with Crippen molar-refractivity contribution < 1.29 is 9.59 Å². The van der Waals surface area contributed by atoms with E-state index in [0.29, 0.717) is 19.5 Å². The number of nitrogens with zero attached hydrogens (tertiary/aromatic N) is 2. The minimum absolute atomic E-state index is 0.0300. The first-order valence-corrected chi connectivity index (χ1v) is 9.38. The van der Waals surface area contributed by atoms with Crippen LogP contribution in [0.1, 0.15) is 50.7 Å². The average molecular weight is 345 g/mol. The number of nitrogens with one attached hydrogen (secondary N) is 1. The van der Waals surface area contributed by atoms with Crippen molar-refractivity contribution >= 4 is 11.8 Å². The first-order valence-electron chi connectivity index (χ1n) is 9.38. The fourth-order valence-electron chi connectivity index (χ4n) is 3.27. The molecule has 1 N–H and O–H groups in total. The molecule has 0 aliphatic carbocycles. The quantitative estimate of drug-likeness (QED) is 0.826. The smallest absolute Gasteiger partial charge is 0.243 e. The molecule has 0 aromatic heterocycles. The van der Waals surface area contributed by atoms with Crippen molar-refractivity contribution in [2.45, 2.75) is 58.7 Å². The van der Waals surface area contributed by atoms with Crippen LogP contribution in [0, 0.1) is 0 Å². The van der Waals surface area contributed by atoms with Crippen LogP contribution < -0.4 is 5.32 Å². The molecule has 1 aliphatic rings. The minimum Gasteiger partial charge on any atom is -0.350 e. The summed E-state index contributed by atoms with van der Waals surface area (Å²) >= 11 is 0. The Kier molecular flexibility index (Phi) is 7.44. The predicted molar refractivity (Wildman–Crippen MR) is 99.9 cm³/mol. The number of piperidine rings is 1. The molecule has 138 valence electrons. The second kappa shape index (κ2) is 9.56. The molecule has 2 amide bonds. The van der Waals surface area contributed by atoms with Crippen LogP contribution in [0.5, 0.6) is 0 Å². The number of amides is 2. The van der Waals surface area contributed by atoms with E-state index in [9.17, 15) is 9.59 Å². The van der Waals surface area contributed by atoms with Gasteiger partial charge in [0.05, 0.1) is 0 Å². The molecule has 0 radical (unpaired) electrons. The summed E-state index contributed by atoms with van der Waals surface area (Å²) in [6.45, 7) is 7.10. The van der Waals surface area contributed by atoms with Crippen LogP contribution in [-0.2, 0) is 22.7 Å². The highest BCUT2D eigenvalue weighted by Crippen LogP contribution is 2.18. The summed E-state index contributed by atoms with van der Waals surface area (Å²) in [5.41, 5.74) is 2.34. The van der Waals surface area contributed by atoms with E-state index in [2.05, 4.69) is 36.3 Å². The Hall–Kier alpha value is -1.88. The van der Waals surface area contributed by atoms with E-state index in [4.69, 9.17) is 0 Å². The Morgan fingerprint density at radius 3 is 2.72 bits per heavy atom. The van der Waals surface area contributed by atoms with Gasteiger partial charge in [-0.3, -0.25) is 9.59 Å². The topological polar surface area (TPSA) is 52.7 Å². The maximum absolute atomic E-state index is 12.6. The lowest BCUT2D eigenvalue weighted by atomic mass is 10.0. The molecule has 1 saturated heterocycles. The van der Waals surface area contributed by atoms with Gasteiger partial charge in [0, 0.05) is 26.1 Å². The van der Waals surface area contributed by atoms with Crippen molar-refractivity contribution in [3.05, 3.63) is 35.4 Å². The number of benzene rings is 1. The Morgan fingerprint density at radius 1 is 1.24 bits per heavy atom. The molecule has 1 fully saturated rings. The Labute approximate surface area is 151 Å². The van der Waals surface area contributed by atoms with Gasteiger partial charge >= 0.3 is 0 Å². The van der Waals surface area contributed by atoms with Gasteiger partial charge in [0.15, 0.2) is 0 Å². The highest BCUT2D eigenvalue weighted by molar-refractivity contribution is 5.87. The van der Waals surface area contributed by atoms with E-state index in [-0.39, 0.29) is 17.9 Å². The van der Waals surface area contributed by atoms with Crippen molar-refractivity contribution in [1.82, 2.24) is 15.1 Å². The zero-order chi connectivity index (χ0) is 18.2. The van der Waals surface area contributed by atoms with Crippen LogP contribution in [-0.4, -0.2) is 47.8 Å². The standard InChI is InChI=1S/C20H31N3O2/c1-4-19(24)23-12-7-6-11-18(23)20(25)21-14-16-9-8-10-17(13-16)15-22(3)5-2/h8-10,13,18H,4-7,11-12,14-15H2,1-3H3,(H,21,25)/t18-/m0/s1. The van der Waals surface area contributed by atoms with Gasteiger partial charge in [-0.2, -0.15) is 0 Å². The van der Waals surface area contributed by atoms with Crippen molar-refractivity contribution in [2.75, 3.05) is 20.1 Å². The molecular formula is C20H31N3O2. The summed E-state index contributed by atoms with van der Waals surface area (Å²) < 4.78 is 0. The Balaban J connectivity index is 1.94. The Morgan fingerprint density at radius 2 is 2.00 bits per heavy atom. The lowest BCUT2D eigenvalue weighted by molar-refractivity contribution is -0.142. The first-order chi connectivity index (χ1) is 12.0. The van der Waals surface area contributed by atoms with E-state index in [1.54, 1.807) is 4.90 Å². The number of carbonyl (C=O) groups is 2. The number of carbonyl (C=O) groups excluding carboxylic acids is 2. The summed E-state index contributed by atoms with van der Waals surface area (Å²) in [6.07, 6.45) is 3.21. The Bertz CT molecular complexity index is 588. The molecule has 1 aromatic carbocycles. The summed E-state index contributed by atoms with van der Waals surface area (Å²) in [4.78, 5) is 28.7. The fourth-order valence-corrected chi connectivity index (χ4v) is 3.27. The molecule has 5 nitrogen and oxygen atoms in total. The summed E-state index contributed by atoms with van der Waals surface area (Å²) in [5, 5.41) is 3.03. The monoisotopic (exact) mass is 345 g/mol. The van der Waals surface area contributed by atoms with Gasteiger partial charge in [-0.15, -0.1) is 0 Å². The van der Waals surface area contributed by atoms with Crippen LogP contribution in [0.25, 0.3) is 0 Å². The van der Waals surface area contributed by atoms with E-state index in [1.165, 1.54) is 5.56 Å². The molecule has 0 saturated carbocycles. The van der Waals surface area contributed by atoms with Crippen LogP contribution in [0.3, 0.4) is 0 Å². The third kappa shape index (κ3) is 5.56. The summed E-state index contributed by atoms with van der Waals surface area (Å²) in [6, 6.07) is 8.01. The molecule has 0 bridgehead atoms. The van der Waals surface area contributed by atoms with E-state index in [1.807, 2.05) is 19.1 Å². The highest BCUT2D eigenvalue weighted by Gasteiger charge is 2.30. The molecule has 1 aliphatic heterocycles. The molecule has 1 atom stereocenters. The van der Waals surface area contributed by atoms with Crippen LogP contribution in [0.2, 0.25) is 0 Å². The normalized spacial score (nSPS) is 17.6. The second-order valence-corrected chi connectivity index (χ2v) is 6.82. The number of hydrogen-bond donors (Lipinski definition) is 1. The zero-order valence-corrected chi connectivity index (χ0v) is 15.8. The van der Waals surface area contributed by atoms with Crippen LogP contribution in [0.15, 0.2) is 24.3 Å². The summed E-state index contributed by atoms with van der Waals surface area (Å²) in [7, 11) is 2.09. The number of hydrogen-bond acceptors (Lipinski definition) is 3. The molecular weight excluding hydrogens is 314 g/mol.